The summed E-state index contributed by atoms with van der Waals surface area (Å²) in [5.41, 5.74) is 0. The average Bonchev–Trinajstić information content (AvgIpc) is 2.82. The Morgan fingerprint density at radius 2 is 2.04 bits per heavy atom. The number of guanidine groups is 1. The summed E-state index contributed by atoms with van der Waals surface area (Å²) in [7, 11) is 0. The summed E-state index contributed by atoms with van der Waals surface area (Å²) in [6.45, 7) is 4.91. The fourth-order valence-corrected chi connectivity index (χ4v) is 3.15. The van der Waals surface area contributed by atoms with Crippen LogP contribution in [0.1, 0.15) is 58.3 Å². The van der Waals surface area contributed by atoms with Gasteiger partial charge in [-0.05, 0) is 26.2 Å². The van der Waals surface area contributed by atoms with Crippen LogP contribution in [0.5, 0.6) is 0 Å². The maximum Gasteiger partial charge on any atom is 0.220 e. The lowest BCUT2D eigenvalue weighted by molar-refractivity contribution is -0.122. The van der Waals surface area contributed by atoms with Crippen molar-refractivity contribution in [1.82, 2.24) is 16.0 Å². The molecule has 1 aliphatic heterocycles. The Morgan fingerprint density at radius 3 is 2.70 bits per heavy atom. The monoisotopic (exact) mass is 324 g/mol. The van der Waals surface area contributed by atoms with Gasteiger partial charge >= 0.3 is 0 Å². The Hall–Kier alpha value is -1.30. The van der Waals surface area contributed by atoms with Gasteiger partial charge in [0.15, 0.2) is 5.96 Å². The van der Waals surface area contributed by atoms with Gasteiger partial charge in [-0.1, -0.05) is 25.7 Å². The SMILES string of the molecule is CCNC(=NCCOC1CCCCCC1)NC1CCC(=O)NC1. The maximum atomic E-state index is 11.2. The first kappa shape index (κ1) is 18.0. The minimum absolute atomic E-state index is 0.141. The molecule has 1 saturated carbocycles. The number of carbonyl (C=O) groups excluding carboxylic acids is 1. The highest BCUT2D eigenvalue weighted by Gasteiger charge is 2.18. The molecule has 1 amide bonds. The number of hydrogen-bond donors (Lipinski definition) is 3. The molecule has 2 rings (SSSR count). The van der Waals surface area contributed by atoms with Crippen LogP contribution >= 0.6 is 0 Å². The lowest BCUT2D eigenvalue weighted by atomic mass is 10.1. The number of carbonyl (C=O) groups is 1. The predicted octanol–water partition coefficient (Wildman–Crippen LogP) is 1.56. The Morgan fingerprint density at radius 1 is 1.26 bits per heavy atom. The first-order valence-corrected chi connectivity index (χ1v) is 9.21. The number of amides is 1. The van der Waals surface area contributed by atoms with Gasteiger partial charge in [0.25, 0.3) is 0 Å². The molecule has 0 aromatic rings. The number of rotatable bonds is 6. The highest BCUT2D eigenvalue weighted by atomic mass is 16.5. The van der Waals surface area contributed by atoms with E-state index in [1.807, 2.05) is 0 Å². The summed E-state index contributed by atoms with van der Waals surface area (Å²) in [4.78, 5) is 15.8. The van der Waals surface area contributed by atoms with Gasteiger partial charge in [0.2, 0.25) is 5.91 Å². The van der Waals surface area contributed by atoms with Crippen LogP contribution in [0.25, 0.3) is 0 Å². The quantitative estimate of drug-likeness (QED) is 0.300. The first-order valence-electron chi connectivity index (χ1n) is 9.21. The van der Waals surface area contributed by atoms with Crippen LogP contribution in [0.15, 0.2) is 4.99 Å². The molecule has 0 bridgehead atoms. The van der Waals surface area contributed by atoms with Gasteiger partial charge in [-0.2, -0.15) is 0 Å². The molecule has 2 aliphatic rings. The zero-order valence-electron chi connectivity index (χ0n) is 14.4. The molecule has 6 heteroatoms. The van der Waals surface area contributed by atoms with E-state index in [1.165, 1.54) is 38.5 Å². The molecule has 0 aromatic heterocycles. The third-order valence-electron chi connectivity index (χ3n) is 4.47. The average molecular weight is 324 g/mol. The molecule has 6 nitrogen and oxygen atoms in total. The first-order chi connectivity index (χ1) is 11.3. The van der Waals surface area contributed by atoms with Crippen molar-refractivity contribution in [2.75, 3.05) is 26.2 Å². The van der Waals surface area contributed by atoms with Crippen molar-refractivity contribution in [3.63, 3.8) is 0 Å². The molecular formula is C17H32N4O2. The van der Waals surface area contributed by atoms with Gasteiger partial charge in [0.05, 0.1) is 19.3 Å². The predicted molar refractivity (Wildman–Crippen MR) is 92.6 cm³/mol. The fraction of sp³-hybridized carbons (Fsp3) is 0.882. The molecule has 1 atom stereocenters. The van der Waals surface area contributed by atoms with E-state index in [0.29, 0.717) is 32.2 Å². The molecule has 0 radical (unpaired) electrons. The van der Waals surface area contributed by atoms with Gasteiger partial charge in [0.1, 0.15) is 0 Å². The minimum atomic E-state index is 0.141. The molecule has 0 spiro atoms. The van der Waals surface area contributed by atoms with Crippen molar-refractivity contribution in [3.8, 4) is 0 Å². The smallest absolute Gasteiger partial charge is 0.220 e. The number of piperidine rings is 1. The third-order valence-corrected chi connectivity index (χ3v) is 4.47. The largest absolute Gasteiger partial charge is 0.376 e. The van der Waals surface area contributed by atoms with Crippen LogP contribution in [0.2, 0.25) is 0 Å². The van der Waals surface area contributed by atoms with Crippen LogP contribution in [-0.2, 0) is 9.53 Å². The van der Waals surface area contributed by atoms with Crippen molar-refractivity contribution in [2.45, 2.75) is 70.4 Å². The summed E-state index contributed by atoms with van der Waals surface area (Å²) < 4.78 is 5.98. The Balaban J connectivity index is 1.69. The summed E-state index contributed by atoms with van der Waals surface area (Å²) in [5.74, 6) is 0.958. The van der Waals surface area contributed by atoms with Gasteiger partial charge in [0, 0.05) is 25.6 Å². The van der Waals surface area contributed by atoms with Gasteiger partial charge in [-0.3, -0.25) is 9.79 Å². The maximum absolute atomic E-state index is 11.2. The highest BCUT2D eigenvalue weighted by Crippen LogP contribution is 2.19. The number of hydrogen-bond acceptors (Lipinski definition) is 3. The topological polar surface area (TPSA) is 74.8 Å². The van der Waals surface area contributed by atoms with Crippen LogP contribution in [0.3, 0.4) is 0 Å². The summed E-state index contributed by atoms with van der Waals surface area (Å²) >= 11 is 0. The molecular weight excluding hydrogens is 292 g/mol. The molecule has 23 heavy (non-hydrogen) atoms. The molecule has 1 saturated heterocycles. The van der Waals surface area contributed by atoms with Crippen molar-refractivity contribution >= 4 is 11.9 Å². The number of nitrogens with one attached hydrogen (secondary N) is 3. The van der Waals surface area contributed by atoms with Crippen LogP contribution in [0, 0.1) is 0 Å². The van der Waals surface area contributed by atoms with E-state index in [0.717, 1.165) is 18.9 Å². The third kappa shape index (κ3) is 7.20. The van der Waals surface area contributed by atoms with E-state index in [9.17, 15) is 4.79 Å². The zero-order chi connectivity index (χ0) is 16.3. The summed E-state index contributed by atoms with van der Waals surface area (Å²) in [5, 5.41) is 9.54. The van der Waals surface area contributed by atoms with E-state index < -0.39 is 0 Å². The van der Waals surface area contributed by atoms with E-state index in [4.69, 9.17) is 4.74 Å². The van der Waals surface area contributed by atoms with Crippen LogP contribution in [0.4, 0.5) is 0 Å². The minimum Gasteiger partial charge on any atom is -0.376 e. The lowest BCUT2D eigenvalue weighted by Gasteiger charge is -2.25. The molecule has 1 heterocycles. The second-order valence-electron chi connectivity index (χ2n) is 6.43. The molecule has 2 fully saturated rings. The second-order valence-corrected chi connectivity index (χ2v) is 6.43. The number of nitrogens with zero attached hydrogens (tertiary/aromatic N) is 1. The van der Waals surface area contributed by atoms with E-state index >= 15 is 0 Å². The Bertz CT molecular complexity index is 369. The summed E-state index contributed by atoms with van der Waals surface area (Å²) in [6, 6.07) is 0.258. The zero-order valence-corrected chi connectivity index (χ0v) is 14.4. The Kier molecular flexibility index (Phi) is 8.21. The Labute approximate surface area is 139 Å². The molecule has 1 aliphatic carbocycles. The van der Waals surface area contributed by atoms with E-state index in [2.05, 4.69) is 27.9 Å². The molecule has 1 unspecified atom stereocenters. The summed E-state index contributed by atoms with van der Waals surface area (Å²) in [6.07, 6.45) is 9.56. The van der Waals surface area contributed by atoms with Crippen LogP contribution < -0.4 is 16.0 Å². The van der Waals surface area contributed by atoms with Gasteiger partial charge < -0.3 is 20.7 Å². The second kappa shape index (κ2) is 10.5. The molecule has 0 aromatic carbocycles. The van der Waals surface area contributed by atoms with Crippen LogP contribution in [-0.4, -0.2) is 50.3 Å². The van der Waals surface area contributed by atoms with E-state index in [1.54, 1.807) is 0 Å². The van der Waals surface area contributed by atoms with Crippen molar-refractivity contribution in [2.24, 2.45) is 4.99 Å². The van der Waals surface area contributed by atoms with Crippen molar-refractivity contribution in [3.05, 3.63) is 0 Å². The highest BCUT2D eigenvalue weighted by molar-refractivity contribution is 5.81. The number of ether oxygens (including phenoxy) is 1. The normalized spacial score (nSPS) is 24.0. The van der Waals surface area contributed by atoms with E-state index in [-0.39, 0.29) is 11.9 Å². The molecule has 3 N–H and O–H groups in total. The van der Waals surface area contributed by atoms with Crippen molar-refractivity contribution < 1.29 is 9.53 Å². The van der Waals surface area contributed by atoms with Gasteiger partial charge in [-0.15, -0.1) is 0 Å². The van der Waals surface area contributed by atoms with Gasteiger partial charge in [-0.25, -0.2) is 0 Å². The number of aliphatic imine (C=N–C) groups is 1. The standard InChI is InChI=1S/C17H32N4O2/c1-2-18-17(21-14-9-10-16(22)20-13-14)19-11-12-23-15-7-5-3-4-6-8-15/h14-15H,2-13H2,1H3,(H,20,22)(H2,18,19,21). The fourth-order valence-electron chi connectivity index (χ4n) is 3.15. The lowest BCUT2D eigenvalue weighted by Crippen LogP contribution is -2.51. The van der Waals surface area contributed by atoms with Crippen molar-refractivity contribution in [1.29, 1.82) is 0 Å². The molecule has 132 valence electrons.